The normalized spacial score (nSPS) is 22.1. The molecular formula is C33H43N7O4S. The molecule has 0 saturated carbocycles. The Kier molecular flexibility index (Phi) is 7.80. The molecule has 240 valence electrons. The molecule has 3 aromatic rings. The number of rotatable bonds is 8. The molecule has 0 radical (unpaired) electrons. The number of nitrogens with one attached hydrogen (secondary N) is 1. The second-order valence-corrected chi connectivity index (χ2v) is 16.3. The van der Waals surface area contributed by atoms with Crippen molar-refractivity contribution >= 4 is 49.8 Å². The average Bonchev–Trinajstić information content (AvgIpc) is 2.95. The molecule has 2 atom stereocenters. The van der Waals surface area contributed by atoms with Gasteiger partial charge in [0.25, 0.3) is 0 Å². The van der Waals surface area contributed by atoms with Crippen LogP contribution in [0.4, 0.5) is 23.3 Å². The van der Waals surface area contributed by atoms with Crippen LogP contribution in [0.3, 0.4) is 0 Å². The highest BCUT2D eigenvalue weighted by Gasteiger charge is 2.50. The molecule has 12 heteroatoms. The van der Waals surface area contributed by atoms with Gasteiger partial charge in [-0.2, -0.15) is 4.98 Å². The number of carbonyl (C=O) groups is 1. The summed E-state index contributed by atoms with van der Waals surface area (Å²) in [6.45, 7) is 14.5. The SMILES string of the molecule is C=CC(=O)N1CC(c2ccc(N3C[C@H](C(C)(C)S(C)(=O)=O)[C@H]3C)c3cnc(Nc4ccnc(N5CCC(C)(O)CC5)n4)cc23)C1. The zero-order valence-corrected chi connectivity index (χ0v) is 27.5. The minimum atomic E-state index is -3.23. The van der Waals surface area contributed by atoms with Gasteiger partial charge in [-0.05, 0) is 75.8 Å². The molecule has 0 aliphatic carbocycles. The maximum absolute atomic E-state index is 12.6. The number of anilines is 4. The molecule has 3 aliphatic rings. The van der Waals surface area contributed by atoms with Crippen LogP contribution >= 0.6 is 0 Å². The van der Waals surface area contributed by atoms with Crippen LogP contribution in [0.25, 0.3) is 10.8 Å². The predicted octanol–water partition coefficient (Wildman–Crippen LogP) is 3.88. The Morgan fingerprint density at radius 1 is 1.11 bits per heavy atom. The predicted molar refractivity (Wildman–Crippen MR) is 178 cm³/mol. The van der Waals surface area contributed by atoms with Gasteiger partial charge in [0, 0.05) is 80.3 Å². The smallest absolute Gasteiger partial charge is 0.245 e. The molecule has 2 N–H and O–H groups in total. The van der Waals surface area contributed by atoms with E-state index in [4.69, 9.17) is 9.97 Å². The van der Waals surface area contributed by atoms with Gasteiger partial charge in [0.1, 0.15) is 11.6 Å². The second-order valence-electron chi connectivity index (χ2n) is 13.7. The number of hydrogen-bond donors (Lipinski definition) is 2. The molecule has 3 fully saturated rings. The topological polar surface area (TPSA) is 132 Å². The molecule has 6 rings (SSSR count). The van der Waals surface area contributed by atoms with Crippen LogP contribution in [0.15, 0.2) is 49.3 Å². The summed E-state index contributed by atoms with van der Waals surface area (Å²) in [6, 6.07) is 8.12. The lowest BCUT2D eigenvalue weighted by molar-refractivity contribution is -0.130. The van der Waals surface area contributed by atoms with Crippen molar-refractivity contribution in [3.05, 3.63) is 54.9 Å². The number of nitrogens with zero attached hydrogens (tertiary/aromatic N) is 6. The van der Waals surface area contributed by atoms with Gasteiger partial charge in [-0.15, -0.1) is 0 Å². The van der Waals surface area contributed by atoms with Gasteiger partial charge in [0.05, 0.1) is 10.3 Å². The third-order valence-corrected chi connectivity index (χ3v) is 12.6. The molecule has 5 heterocycles. The van der Waals surface area contributed by atoms with Crippen molar-refractivity contribution in [1.82, 2.24) is 19.9 Å². The third kappa shape index (κ3) is 5.74. The molecular weight excluding hydrogens is 590 g/mol. The monoisotopic (exact) mass is 633 g/mol. The molecule has 1 amide bonds. The first-order chi connectivity index (χ1) is 21.2. The van der Waals surface area contributed by atoms with Crippen LogP contribution < -0.4 is 15.1 Å². The van der Waals surface area contributed by atoms with E-state index in [1.165, 1.54) is 12.3 Å². The first kappa shape index (κ1) is 31.2. The van der Waals surface area contributed by atoms with Crippen LogP contribution in [-0.2, 0) is 14.6 Å². The summed E-state index contributed by atoms with van der Waals surface area (Å²) in [7, 11) is -3.23. The average molecular weight is 634 g/mol. The van der Waals surface area contributed by atoms with Crippen LogP contribution in [0.1, 0.15) is 52.0 Å². The Balaban J connectivity index is 1.30. The molecule has 45 heavy (non-hydrogen) atoms. The summed E-state index contributed by atoms with van der Waals surface area (Å²) in [6.07, 6.45) is 7.59. The van der Waals surface area contributed by atoms with Crippen LogP contribution in [-0.4, -0.2) is 94.7 Å². The Labute approximate surface area is 265 Å². The first-order valence-corrected chi connectivity index (χ1v) is 17.5. The quantitative estimate of drug-likeness (QED) is 0.352. The van der Waals surface area contributed by atoms with Crippen molar-refractivity contribution in [2.45, 2.75) is 62.8 Å². The highest BCUT2D eigenvalue weighted by Crippen LogP contribution is 2.45. The van der Waals surface area contributed by atoms with E-state index >= 15 is 0 Å². The zero-order valence-electron chi connectivity index (χ0n) is 26.7. The number of pyridine rings is 1. The molecule has 11 nitrogen and oxygen atoms in total. The van der Waals surface area contributed by atoms with E-state index in [-0.39, 0.29) is 23.8 Å². The summed E-state index contributed by atoms with van der Waals surface area (Å²) < 4.78 is 24.3. The minimum Gasteiger partial charge on any atom is -0.390 e. The van der Waals surface area contributed by atoms with Crippen molar-refractivity contribution in [3.8, 4) is 0 Å². The molecule has 1 aromatic carbocycles. The van der Waals surface area contributed by atoms with Gasteiger partial charge < -0.3 is 25.1 Å². The number of sulfone groups is 1. The number of carbonyl (C=O) groups excluding carboxylic acids is 1. The summed E-state index contributed by atoms with van der Waals surface area (Å²) >= 11 is 0. The lowest BCUT2D eigenvalue weighted by Crippen LogP contribution is -2.64. The fourth-order valence-corrected chi connectivity index (χ4v) is 7.62. The lowest BCUT2D eigenvalue weighted by Gasteiger charge is -2.54. The molecule has 2 aromatic heterocycles. The highest BCUT2D eigenvalue weighted by atomic mass is 32.2. The number of piperidine rings is 1. The minimum absolute atomic E-state index is 0.000722. The summed E-state index contributed by atoms with van der Waals surface area (Å²) in [5.74, 6) is 1.97. The number of fused-ring (bicyclic) bond motifs is 1. The number of amides is 1. The van der Waals surface area contributed by atoms with Crippen molar-refractivity contribution in [2.75, 3.05) is 54.1 Å². The van der Waals surface area contributed by atoms with E-state index in [0.717, 1.165) is 22.0 Å². The van der Waals surface area contributed by atoms with E-state index in [9.17, 15) is 18.3 Å². The molecule has 0 unspecified atom stereocenters. The Bertz CT molecular complexity index is 1740. The van der Waals surface area contributed by atoms with Gasteiger partial charge in [0.15, 0.2) is 9.84 Å². The molecule has 0 spiro atoms. The van der Waals surface area contributed by atoms with Crippen LogP contribution in [0.5, 0.6) is 0 Å². The number of benzene rings is 1. The van der Waals surface area contributed by atoms with E-state index in [1.807, 2.05) is 39.1 Å². The van der Waals surface area contributed by atoms with E-state index in [2.05, 4.69) is 45.7 Å². The van der Waals surface area contributed by atoms with Crippen LogP contribution in [0.2, 0.25) is 0 Å². The Morgan fingerprint density at radius 2 is 1.82 bits per heavy atom. The number of likely N-dealkylation sites (tertiary alicyclic amines) is 1. The fourth-order valence-electron chi connectivity index (χ4n) is 6.80. The van der Waals surface area contributed by atoms with Crippen molar-refractivity contribution < 1.29 is 18.3 Å². The van der Waals surface area contributed by atoms with Crippen molar-refractivity contribution in [2.24, 2.45) is 5.92 Å². The largest absolute Gasteiger partial charge is 0.390 e. The Morgan fingerprint density at radius 3 is 2.47 bits per heavy atom. The maximum Gasteiger partial charge on any atom is 0.245 e. The summed E-state index contributed by atoms with van der Waals surface area (Å²) in [5, 5.41) is 15.7. The van der Waals surface area contributed by atoms with Crippen molar-refractivity contribution in [3.63, 3.8) is 0 Å². The van der Waals surface area contributed by atoms with E-state index in [0.29, 0.717) is 63.1 Å². The van der Waals surface area contributed by atoms with E-state index in [1.54, 1.807) is 11.1 Å². The molecule has 3 saturated heterocycles. The maximum atomic E-state index is 12.6. The fraction of sp³-hybridized carbons (Fsp3) is 0.515. The van der Waals surface area contributed by atoms with E-state index < -0.39 is 20.2 Å². The highest BCUT2D eigenvalue weighted by molar-refractivity contribution is 7.92. The zero-order chi connectivity index (χ0) is 32.3. The van der Waals surface area contributed by atoms with Gasteiger partial charge in [-0.25, -0.2) is 18.4 Å². The number of hydrogen-bond acceptors (Lipinski definition) is 10. The van der Waals surface area contributed by atoms with Gasteiger partial charge >= 0.3 is 0 Å². The summed E-state index contributed by atoms with van der Waals surface area (Å²) in [4.78, 5) is 32.3. The van der Waals surface area contributed by atoms with Crippen molar-refractivity contribution in [1.29, 1.82) is 0 Å². The number of aromatic nitrogens is 3. The molecule has 0 bridgehead atoms. The van der Waals surface area contributed by atoms with Gasteiger partial charge in [-0.3, -0.25) is 4.79 Å². The van der Waals surface area contributed by atoms with Crippen LogP contribution in [0, 0.1) is 5.92 Å². The number of aliphatic hydroxyl groups is 1. The first-order valence-electron chi connectivity index (χ1n) is 15.6. The van der Waals surface area contributed by atoms with Gasteiger partial charge in [-0.1, -0.05) is 12.6 Å². The molecule has 3 aliphatic heterocycles. The second kappa shape index (κ2) is 11.2. The Hall–Kier alpha value is -3.77. The standard InChI is InChI=1S/C33H43N7O4S/c1-7-30(41)39-18-22(19-39)23-8-9-27(40-20-26(21(40)2)32(3,4)45(6,43)44)25-17-35-29(16-24(23)25)36-28-10-13-34-31(37-28)38-14-11-33(5,42)12-15-38/h7-10,13,16-17,21-22,26,42H,1,11-12,14-15,18-20H2,2-6H3,(H,34,35,36,37)/t21-,26+/m1/s1. The third-order valence-electron chi connectivity index (χ3n) is 10.4. The van der Waals surface area contributed by atoms with Gasteiger partial charge in [0.2, 0.25) is 11.9 Å². The summed E-state index contributed by atoms with van der Waals surface area (Å²) in [5.41, 5.74) is 1.49. The lowest BCUT2D eigenvalue weighted by atomic mass is 9.79.